The van der Waals surface area contributed by atoms with E-state index in [-0.39, 0.29) is 11.5 Å². The predicted octanol–water partition coefficient (Wildman–Crippen LogP) is 3.01. The Morgan fingerprint density at radius 3 is 2.79 bits per heavy atom. The van der Waals surface area contributed by atoms with Gasteiger partial charge in [-0.3, -0.25) is 0 Å². The number of benzene rings is 1. The van der Waals surface area contributed by atoms with Crippen LogP contribution in [0.3, 0.4) is 0 Å². The summed E-state index contributed by atoms with van der Waals surface area (Å²) in [6, 6.07) is 7.77. The van der Waals surface area contributed by atoms with Crippen molar-refractivity contribution in [2.24, 2.45) is 7.05 Å². The van der Waals surface area contributed by atoms with E-state index in [0.717, 1.165) is 16.5 Å². The number of nitrogens with zero attached hydrogens (tertiary/aromatic N) is 1. The van der Waals surface area contributed by atoms with Crippen LogP contribution < -0.4 is 0 Å². The van der Waals surface area contributed by atoms with Gasteiger partial charge in [0.1, 0.15) is 11.5 Å². The lowest BCUT2D eigenvalue weighted by Crippen LogP contribution is -1.95. The molecular formula is C14H11FN2O2. The van der Waals surface area contributed by atoms with Gasteiger partial charge in [-0.1, -0.05) is 0 Å². The van der Waals surface area contributed by atoms with Crippen LogP contribution in [0.25, 0.3) is 22.2 Å². The molecule has 96 valence electrons. The van der Waals surface area contributed by atoms with Gasteiger partial charge in [0, 0.05) is 29.9 Å². The van der Waals surface area contributed by atoms with E-state index in [0.29, 0.717) is 5.69 Å². The first kappa shape index (κ1) is 11.5. The minimum Gasteiger partial charge on any atom is -0.477 e. The van der Waals surface area contributed by atoms with Crippen LogP contribution in [0.1, 0.15) is 10.5 Å². The second-order valence-electron chi connectivity index (χ2n) is 4.41. The minimum absolute atomic E-state index is 0.133. The van der Waals surface area contributed by atoms with Crippen LogP contribution >= 0.6 is 0 Å². The number of nitrogens with one attached hydrogen (secondary N) is 1. The van der Waals surface area contributed by atoms with E-state index in [2.05, 4.69) is 4.98 Å². The molecule has 0 saturated carbocycles. The molecule has 0 spiro atoms. The predicted molar refractivity (Wildman–Crippen MR) is 69.6 cm³/mol. The zero-order valence-electron chi connectivity index (χ0n) is 10.1. The highest BCUT2D eigenvalue weighted by Gasteiger charge is 2.12. The Balaban J connectivity index is 2.22. The molecule has 0 unspecified atom stereocenters. The summed E-state index contributed by atoms with van der Waals surface area (Å²) < 4.78 is 15.1. The summed E-state index contributed by atoms with van der Waals surface area (Å²) in [5.41, 5.74) is 2.45. The van der Waals surface area contributed by atoms with Crippen LogP contribution in [0.4, 0.5) is 4.39 Å². The number of aromatic nitrogens is 2. The Kier molecular flexibility index (Phi) is 2.41. The summed E-state index contributed by atoms with van der Waals surface area (Å²) in [5.74, 6) is -1.30. The molecule has 0 aliphatic rings. The van der Waals surface area contributed by atoms with Crippen molar-refractivity contribution < 1.29 is 14.3 Å². The van der Waals surface area contributed by atoms with Crippen molar-refractivity contribution >= 4 is 16.9 Å². The van der Waals surface area contributed by atoms with E-state index in [1.807, 2.05) is 17.8 Å². The standard InChI is InChI=1S/C14H11FN2O2/c1-17-7-10(9-3-2-8(15)6-13(9)17)11-4-5-12(16-11)14(18)19/h2-7,16H,1H3,(H,18,19). The number of rotatable bonds is 2. The van der Waals surface area contributed by atoms with Gasteiger partial charge in [0.25, 0.3) is 0 Å². The summed E-state index contributed by atoms with van der Waals surface area (Å²) in [4.78, 5) is 13.7. The van der Waals surface area contributed by atoms with Crippen molar-refractivity contribution in [3.05, 3.63) is 48.0 Å². The molecule has 4 nitrogen and oxygen atoms in total. The van der Waals surface area contributed by atoms with Crippen LogP contribution in [0.2, 0.25) is 0 Å². The highest BCUT2D eigenvalue weighted by Crippen LogP contribution is 2.30. The van der Waals surface area contributed by atoms with Gasteiger partial charge in [0.15, 0.2) is 0 Å². The quantitative estimate of drug-likeness (QED) is 0.742. The Morgan fingerprint density at radius 1 is 1.32 bits per heavy atom. The monoisotopic (exact) mass is 258 g/mol. The number of H-pyrrole nitrogens is 1. The molecule has 2 N–H and O–H groups in total. The van der Waals surface area contributed by atoms with Crippen LogP contribution in [0.15, 0.2) is 36.5 Å². The number of fused-ring (bicyclic) bond motifs is 1. The zero-order valence-corrected chi connectivity index (χ0v) is 10.1. The lowest BCUT2D eigenvalue weighted by atomic mass is 10.1. The van der Waals surface area contributed by atoms with Crippen molar-refractivity contribution in [1.82, 2.24) is 9.55 Å². The first-order valence-electron chi connectivity index (χ1n) is 5.73. The maximum absolute atomic E-state index is 13.2. The number of aromatic carboxylic acids is 1. The van der Waals surface area contributed by atoms with Crippen LogP contribution in [0.5, 0.6) is 0 Å². The van der Waals surface area contributed by atoms with Crippen molar-refractivity contribution in [3.8, 4) is 11.3 Å². The summed E-state index contributed by atoms with van der Waals surface area (Å²) in [6.07, 6.45) is 1.85. The SMILES string of the molecule is Cn1cc(-c2ccc(C(=O)O)[nH]2)c2ccc(F)cc21. The molecule has 0 radical (unpaired) electrons. The summed E-state index contributed by atoms with van der Waals surface area (Å²) in [6.45, 7) is 0. The number of hydrogen-bond acceptors (Lipinski definition) is 1. The number of halogens is 1. The second-order valence-corrected chi connectivity index (χ2v) is 4.41. The van der Waals surface area contributed by atoms with Gasteiger partial charge in [0.2, 0.25) is 0 Å². The van der Waals surface area contributed by atoms with E-state index in [9.17, 15) is 9.18 Å². The zero-order chi connectivity index (χ0) is 13.6. The molecule has 0 aliphatic carbocycles. The lowest BCUT2D eigenvalue weighted by molar-refractivity contribution is 0.0691. The van der Waals surface area contributed by atoms with E-state index >= 15 is 0 Å². The Morgan fingerprint density at radius 2 is 2.11 bits per heavy atom. The molecule has 5 heteroatoms. The normalized spacial score (nSPS) is 11.1. The number of carboxylic acids is 1. The molecule has 2 heterocycles. The van der Waals surface area contributed by atoms with Crippen molar-refractivity contribution in [1.29, 1.82) is 0 Å². The van der Waals surface area contributed by atoms with Crippen LogP contribution in [-0.4, -0.2) is 20.6 Å². The fourth-order valence-electron chi connectivity index (χ4n) is 2.25. The number of aromatic amines is 1. The van der Waals surface area contributed by atoms with Crippen LogP contribution in [0, 0.1) is 5.82 Å². The summed E-state index contributed by atoms with van der Waals surface area (Å²) in [7, 11) is 1.83. The van der Waals surface area contributed by atoms with E-state index < -0.39 is 5.97 Å². The molecule has 0 aliphatic heterocycles. The molecule has 1 aromatic carbocycles. The van der Waals surface area contributed by atoms with E-state index in [1.165, 1.54) is 18.2 Å². The van der Waals surface area contributed by atoms with Gasteiger partial charge in [-0.2, -0.15) is 0 Å². The van der Waals surface area contributed by atoms with Gasteiger partial charge >= 0.3 is 5.97 Å². The maximum Gasteiger partial charge on any atom is 0.352 e. The molecular weight excluding hydrogens is 247 g/mol. The highest BCUT2D eigenvalue weighted by molar-refractivity contribution is 5.96. The third-order valence-corrected chi connectivity index (χ3v) is 3.16. The molecule has 2 aromatic heterocycles. The largest absolute Gasteiger partial charge is 0.477 e. The smallest absolute Gasteiger partial charge is 0.352 e. The molecule has 3 aromatic rings. The van der Waals surface area contributed by atoms with Gasteiger partial charge in [-0.05, 0) is 30.3 Å². The summed E-state index contributed by atoms with van der Waals surface area (Å²) >= 11 is 0. The molecule has 0 fully saturated rings. The van der Waals surface area contributed by atoms with Crippen molar-refractivity contribution in [2.45, 2.75) is 0 Å². The Hall–Kier alpha value is -2.56. The molecule has 0 saturated heterocycles. The van der Waals surface area contributed by atoms with Crippen LogP contribution in [-0.2, 0) is 7.05 Å². The number of carboxylic acid groups (broad SMARTS) is 1. The molecule has 0 amide bonds. The summed E-state index contributed by atoms with van der Waals surface area (Å²) in [5, 5.41) is 9.79. The molecule has 0 atom stereocenters. The third kappa shape index (κ3) is 1.79. The Bertz CT molecular complexity index is 786. The number of aryl methyl sites for hydroxylation is 1. The average Bonchev–Trinajstić information content (AvgIpc) is 2.95. The van der Waals surface area contributed by atoms with Crippen molar-refractivity contribution in [3.63, 3.8) is 0 Å². The minimum atomic E-state index is -1.00. The second kappa shape index (κ2) is 3.98. The third-order valence-electron chi connectivity index (χ3n) is 3.16. The first-order chi connectivity index (χ1) is 9.06. The first-order valence-corrected chi connectivity index (χ1v) is 5.73. The molecule has 3 rings (SSSR count). The fraction of sp³-hybridized carbons (Fsp3) is 0.0714. The number of carbonyl (C=O) groups is 1. The van der Waals surface area contributed by atoms with E-state index in [4.69, 9.17) is 5.11 Å². The highest BCUT2D eigenvalue weighted by atomic mass is 19.1. The van der Waals surface area contributed by atoms with Crippen molar-refractivity contribution in [2.75, 3.05) is 0 Å². The van der Waals surface area contributed by atoms with E-state index in [1.54, 1.807) is 12.1 Å². The topological polar surface area (TPSA) is 58.0 Å². The molecule has 19 heavy (non-hydrogen) atoms. The van der Waals surface area contributed by atoms with Gasteiger partial charge in [-0.15, -0.1) is 0 Å². The molecule has 0 bridgehead atoms. The number of hydrogen-bond donors (Lipinski definition) is 2. The Labute approximate surface area is 108 Å². The lowest BCUT2D eigenvalue weighted by Gasteiger charge is -1.96. The van der Waals surface area contributed by atoms with Gasteiger partial charge in [-0.25, -0.2) is 9.18 Å². The van der Waals surface area contributed by atoms with Gasteiger partial charge in [0.05, 0.1) is 5.52 Å². The van der Waals surface area contributed by atoms with Gasteiger partial charge < -0.3 is 14.7 Å². The average molecular weight is 258 g/mol. The maximum atomic E-state index is 13.2. The fourth-order valence-corrected chi connectivity index (χ4v) is 2.25.